The van der Waals surface area contributed by atoms with Crippen LogP contribution < -0.4 is 0 Å². The fourth-order valence-corrected chi connectivity index (χ4v) is 2.25. The molecule has 2 aromatic carbocycles. The van der Waals surface area contributed by atoms with Gasteiger partial charge in [-0.15, -0.1) is 0 Å². The summed E-state index contributed by atoms with van der Waals surface area (Å²) in [5.41, 5.74) is -1.56. The summed E-state index contributed by atoms with van der Waals surface area (Å²) < 4.78 is 52.1. The van der Waals surface area contributed by atoms with Gasteiger partial charge in [-0.3, -0.25) is 0 Å². The minimum atomic E-state index is -4.80. The minimum absolute atomic E-state index is 0.0311. The molecule has 0 unspecified atom stereocenters. The topological polar surface area (TPSA) is 0 Å². The molecule has 6 heteroatoms. The molecule has 0 radical (unpaired) electrons. The van der Waals surface area contributed by atoms with Gasteiger partial charge in [-0.2, -0.15) is 13.2 Å². The summed E-state index contributed by atoms with van der Waals surface area (Å²) >= 11 is 11.5. The van der Waals surface area contributed by atoms with E-state index in [0.29, 0.717) is 5.02 Å². The van der Waals surface area contributed by atoms with Crippen LogP contribution in [0.2, 0.25) is 10.0 Å². The lowest BCUT2D eigenvalue weighted by atomic mass is 9.99. The van der Waals surface area contributed by atoms with Crippen LogP contribution in [0.25, 0.3) is 11.1 Å². The third kappa shape index (κ3) is 2.85. The minimum Gasteiger partial charge on any atom is -0.206 e. The summed E-state index contributed by atoms with van der Waals surface area (Å²) in [6.45, 7) is 0. The van der Waals surface area contributed by atoms with E-state index in [-0.39, 0.29) is 16.1 Å². The Kier molecular flexibility index (Phi) is 3.74. The van der Waals surface area contributed by atoms with Crippen molar-refractivity contribution in [3.63, 3.8) is 0 Å². The molecule has 2 rings (SSSR count). The Balaban J connectivity index is 2.73. The van der Waals surface area contributed by atoms with Crippen LogP contribution in [0.15, 0.2) is 36.4 Å². The second-order valence-corrected chi connectivity index (χ2v) is 4.63. The van der Waals surface area contributed by atoms with Crippen LogP contribution in [0.3, 0.4) is 0 Å². The summed E-state index contributed by atoms with van der Waals surface area (Å²) in [7, 11) is 0. The monoisotopic (exact) mass is 308 g/mol. The molecule has 0 aliphatic rings. The summed E-state index contributed by atoms with van der Waals surface area (Å²) in [6.07, 6.45) is -4.80. The summed E-state index contributed by atoms with van der Waals surface area (Å²) in [4.78, 5) is 0. The molecule has 0 aliphatic heterocycles. The molecular weight excluding hydrogens is 303 g/mol. The molecule has 0 spiro atoms. The largest absolute Gasteiger partial charge is 0.419 e. The molecule has 0 aliphatic carbocycles. The van der Waals surface area contributed by atoms with E-state index in [2.05, 4.69) is 0 Å². The number of hydrogen-bond acceptors (Lipinski definition) is 0. The van der Waals surface area contributed by atoms with Crippen LogP contribution in [0.1, 0.15) is 5.56 Å². The van der Waals surface area contributed by atoms with Gasteiger partial charge < -0.3 is 0 Å². The zero-order chi connectivity index (χ0) is 14.2. The molecule has 0 amide bonds. The molecule has 0 atom stereocenters. The third-order valence-corrected chi connectivity index (χ3v) is 3.07. The highest BCUT2D eigenvalue weighted by atomic mass is 35.5. The van der Waals surface area contributed by atoms with Crippen LogP contribution in [0.5, 0.6) is 0 Å². The van der Waals surface area contributed by atoms with Crippen LogP contribution in [-0.2, 0) is 6.18 Å². The molecule has 19 heavy (non-hydrogen) atoms. The standard InChI is InChI=1S/C13H6Cl2F4/c14-7-4-5-8(10(15)6-7)9-2-1-3-11(16)12(9)13(17,18)19/h1-6H. The molecule has 0 aromatic heterocycles. The number of alkyl halides is 3. The van der Waals surface area contributed by atoms with Crippen molar-refractivity contribution >= 4 is 23.2 Å². The van der Waals surface area contributed by atoms with Crippen LogP contribution in [-0.4, -0.2) is 0 Å². The van der Waals surface area contributed by atoms with Crippen molar-refractivity contribution in [2.45, 2.75) is 6.18 Å². The van der Waals surface area contributed by atoms with Gasteiger partial charge in [-0.05, 0) is 23.8 Å². The van der Waals surface area contributed by atoms with Gasteiger partial charge >= 0.3 is 6.18 Å². The van der Waals surface area contributed by atoms with E-state index in [0.717, 1.165) is 6.07 Å². The van der Waals surface area contributed by atoms with Crippen LogP contribution in [0.4, 0.5) is 17.6 Å². The predicted molar refractivity (Wildman–Crippen MR) is 66.9 cm³/mol. The highest BCUT2D eigenvalue weighted by molar-refractivity contribution is 6.36. The van der Waals surface area contributed by atoms with Gasteiger partial charge in [-0.1, -0.05) is 41.4 Å². The van der Waals surface area contributed by atoms with Gasteiger partial charge in [-0.25, -0.2) is 4.39 Å². The first kappa shape index (κ1) is 14.2. The molecule has 0 saturated heterocycles. The Hall–Kier alpha value is -1.26. The smallest absolute Gasteiger partial charge is 0.206 e. The van der Waals surface area contributed by atoms with E-state index in [1.165, 1.54) is 30.3 Å². The summed E-state index contributed by atoms with van der Waals surface area (Å²) in [5.74, 6) is -1.34. The average molecular weight is 309 g/mol. The van der Waals surface area contributed by atoms with Crippen molar-refractivity contribution in [1.29, 1.82) is 0 Å². The van der Waals surface area contributed by atoms with Crippen molar-refractivity contribution in [3.8, 4) is 11.1 Å². The van der Waals surface area contributed by atoms with Gasteiger partial charge in [0, 0.05) is 15.6 Å². The highest BCUT2D eigenvalue weighted by Crippen LogP contribution is 2.41. The van der Waals surface area contributed by atoms with E-state index in [4.69, 9.17) is 23.2 Å². The van der Waals surface area contributed by atoms with Gasteiger partial charge in [0.2, 0.25) is 0 Å². The van der Waals surface area contributed by atoms with Crippen molar-refractivity contribution in [2.24, 2.45) is 0 Å². The number of rotatable bonds is 1. The quantitative estimate of drug-likeness (QED) is 0.582. The Morgan fingerprint density at radius 2 is 1.58 bits per heavy atom. The van der Waals surface area contributed by atoms with Crippen molar-refractivity contribution in [1.82, 2.24) is 0 Å². The summed E-state index contributed by atoms with van der Waals surface area (Å²) in [5, 5.41) is 0.322. The zero-order valence-electron chi connectivity index (χ0n) is 9.23. The fourth-order valence-electron chi connectivity index (χ4n) is 1.74. The van der Waals surface area contributed by atoms with Gasteiger partial charge in [0.15, 0.2) is 0 Å². The van der Waals surface area contributed by atoms with Crippen LogP contribution in [0, 0.1) is 5.82 Å². The number of benzene rings is 2. The molecule has 0 fully saturated rings. The van der Waals surface area contributed by atoms with E-state index in [9.17, 15) is 17.6 Å². The Morgan fingerprint density at radius 3 is 2.16 bits per heavy atom. The molecule has 0 bridgehead atoms. The molecule has 0 nitrogen and oxygen atoms in total. The lowest BCUT2D eigenvalue weighted by molar-refractivity contribution is -0.139. The fraction of sp³-hybridized carbons (Fsp3) is 0.0769. The number of hydrogen-bond donors (Lipinski definition) is 0. The SMILES string of the molecule is Fc1cccc(-c2ccc(Cl)cc2Cl)c1C(F)(F)F. The van der Waals surface area contributed by atoms with Crippen molar-refractivity contribution in [3.05, 3.63) is 57.8 Å². The maximum atomic E-state index is 13.5. The summed E-state index contributed by atoms with van der Waals surface area (Å²) in [6, 6.07) is 7.16. The maximum Gasteiger partial charge on any atom is 0.419 e. The maximum absolute atomic E-state index is 13.5. The first-order chi connectivity index (χ1) is 8.80. The lowest BCUT2D eigenvalue weighted by Crippen LogP contribution is -2.10. The van der Waals surface area contributed by atoms with Gasteiger partial charge in [0.1, 0.15) is 5.82 Å². The first-order valence-electron chi connectivity index (χ1n) is 5.12. The lowest BCUT2D eigenvalue weighted by Gasteiger charge is -2.14. The molecule has 100 valence electrons. The highest BCUT2D eigenvalue weighted by Gasteiger charge is 2.37. The van der Waals surface area contributed by atoms with E-state index in [1.54, 1.807) is 0 Å². The molecular formula is C13H6Cl2F4. The van der Waals surface area contributed by atoms with E-state index >= 15 is 0 Å². The van der Waals surface area contributed by atoms with Gasteiger partial charge in [0.05, 0.1) is 5.56 Å². The Morgan fingerprint density at radius 1 is 0.895 bits per heavy atom. The average Bonchev–Trinajstić information content (AvgIpc) is 2.26. The number of halogens is 6. The molecule has 0 saturated carbocycles. The van der Waals surface area contributed by atoms with Crippen molar-refractivity contribution in [2.75, 3.05) is 0 Å². The predicted octanol–water partition coefficient (Wildman–Crippen LogP) is 5.82. The second kappa shape index (κ2) is 5.02. The molecule has 2 aromatic rings. The van der Waals surface area contributed by atoms with E-state index in [1.807, 2.05) is 0 Å². The second-order valence-electron chi connectivity index (χ2n) is 3.78. The first-order valence-corrected chi connectivity index (χ1v) is 5.87. The van der Waals surface area contributed by atoms with Crippen molar-refractivity contribution < 1.29 is 17.6 Å². The normalized spacial score (nSPS) is 11.7. The third-order valence-electron chi connectivity index (χ3n) is 2.52. The van der Waals surface area contributed by atoms with Gasteiger partial charge in [0.25, 0.3) is 0 Å². The molecule has 0 heterocycles. The van der Waals surface area contributed by atoms with Crippen LogP contribution >= 0.6 is 23.2 Å². The molecule has 0 N–H and O–H groups in total. The Labute approximate surface area is 116 Å². The van der Waals surface area contributed by atoms with E-state index < -0.39 is 17.6 Å². The Bertz CT molecular complexity index is 621. The zero-order valence-corrected chi connectivity index (χ0v) is 10.7.